The van der Waals surface area contributed by atoms with Crippen LogP contribution in [0, 0.1) is 0 Å². The Balaban J connectivity index is 2.82. The van der Waals surface area contributed by atoms with Crippen molar-refractivity contribution in [1.82, 2.24) is 4.90 Å². The number of halogens is 8. The van der Waals surface area contributed by atoms with Gasteiger partial charge >= 0.3 is 24.2 Å². The van der Waals surface area contributed by atoms with Crippen LogP contribution in [0.4, 0.5) is 35.1 Å². The minimum absolute atomic E-state index is 0.0444. The molecule has 0 aromatic carbocycles. The number of hydrogen-bond acceptors (Lipinski definition) is 1. The summed E-state index contributed by atoms with van der Waals surface area (Å²) in [5.74, 6) is -8.14. The Morgan fingerprint density at radius 3 is 1.89 bits per heavy atom. The van der Waals surface area contributed by atoms with E-state index < -0.39 is 49.3 Å². The summed E-state index contributed by atoms with van der Waals surface area (Å²) in [5, 5.41) is 0. The molecule has 1 heterocycles. The minimum atomic E-state index is -6.07. The summed E-state index contributed by atoms with van der Waals surface area (Å²) in [7, 11) is 0. The fraction of sp³-hybridized carbons (Fsp3) is 0.667. The third-order valence-corrected chi connectivity index (χ3v) is 2.49. The second kappa shape index (κ2) is 4.64. The normalized spacial score (nSPS) is 18.3. The quantitative estimate of drug-likeness (QED) is 0.538. The van der Waals surface area contributed by atoms with Crippen molar-refractivity contribution in [3.05, 3.63) is 11.6 Å². The molecule has 0 aliphatic carbocycles. The average molecular weight is 297 g/mol. The van der Waals surface area contributed by atoms with Crippen molar-refractivity contribution in [2.75, 3.05) is 13.1 Å². The molecule has 110 valence electrons. The van der Waals surface area contributed by atoms with Crippen LogP contribution in [-0.4, -0.2) is 42.2 Å². The monoisotopic (exact) mass is 297 g/mol. The van der Waals surface area contributed by atoms with E-state index >= 15 is 0 Å². The van der Waals surface area contributed by atoms with E-state index in [1.807, 2.05) is 0 Å². The fourth-order valence-electron chi connectivity index (χ4n) is 1.43. The molecule has 19 heavy (non-hydrogen) atoms. The minimum Gasteiger partial charge on any atom is -0.333 e. The molecule has 0 aromatic heterocycles. The SMILES string of the molecule is O=C(N1CC=C(C(F)(F)F)CC1)C(F)(F)C(F)(F)F. The summed E-state index contributed by atoms with van der Waals surface area (Å²) in [6, 6.07) is 0. The van der Waals surface area contributed by atoms with Gasteiger partial charge < -0.3 is 4.90 Å². The van der Waals surface area contributed by atoms with E-state index in [0.29, 0.717) is 6.08 Å². The first-order chi connectivity index (χ1) is 8.37. The molecule has 1 aliphatic rings. The van der Waals surface area contributed by atoms with Crippen LogP contribution < -0.4 is 0 Å². The van der Waals surface area contributed by atoms with Crippen LogP contribution in [0.3, 0.4) is 0 Å². The Kier molecular flexibility index (Phi) is 3.83. The van der Waals surface area contributed by atoms with E-state index in [4.69, 9.17) is 0 Å². The Morgan fingerprint density at radius 2 is 1.58 bits per heavy atom. The first-order valence-electron chi connectivity index (χ1n) is 4.87. The van der Waals surface area contributed by atoms with Crippen LogP contribution in [0.5, 0.6) is 0 Å². The van der Waals surface area contributed by atoms with Gasteiger partial charge in [0, 0.05) is 18.7 Å². The topological polar surface area (TPSA) is 20.3 Å². The lowest BCUT2D eigenvalue weighted by Gasteiger charge is -2.30. The van der Waals surface area contributed by atoms with Gasteiger partial charge in [-0.05, 0) is 6.42 Å². The van der Waals surface area contributed by atoms with Gasteiger partial charge in [0.05, 0.1) is 0 Å². The van der Waals surface area contributed by atoms with E-state index in [0.717, 1.165) is 0 Å². The third kappa shape index (κ3) is 3.16. The van der Waals surface area contributed by atoms with Gasteiger partial charge in [0.25, 0.3) is 0 Å². The van der Waals surface area contributed by atoms with Gasteiger partial charge in [-0.1, -0.05) is 6.08 Å². The standard InChI is InChI=1S/C9H7F8NO/c10-7(11,9(15,16)17)6(19)18-3-1-5(2-4-18)8(12,13)14/h1H,2-4H2. The second-order valence-corrected chi connectivity index (χ2v) is 3.80. The molecule has 0 unspecified atom stereocenters. The van der Waals surface area contributed by atoms with E-state index in [9.17, 15) is 39.9 Å². The predicted octanol–water partition coefficient (Wildman–Crippen LogP) is 2.91. The fourth-order valence-corrected chi connectivity index (χ4v) is 1.43. The molecule has 0 N–H and O–H groups in total. The molecule has 0 fully saturated rings. The van der Waals surface area contributed by atoms with Crippen molar-refractivity contribution < 1.29 is 39.9 Å². The van der Waals surface area contributed by atoms with Gasteiger partial charge in [-0.3, -0.25) is 4.79 Å². The Hall–Kier alpha value is -1.35. The molecule has 0 radical (unpaired) electrons. The zero-order valence-corrected chi connectivity index (χ0v) is 9.08. The molecule has 0 spiro atoms. The average Bonchev–Trinajstić information content (AvgIpc) is 2.25. The lowest BCUT2D eigenvalue weighted by Crippen LogP contribution is -2.53. The predicted molar refractivity (Wildman–Crippen MR) is 46.3 cm³/mol. The van der Waals surface area contributed by atoms with Crippen molar-refractivity contribution in [3.8, 4) is 0 Å². The van der Waals surface area contributed by atoms with E-state index in [2.05, 4.69) is 0 Å². The van der Waals surface area contributed by atoms with Crippen LogP contribution in [-0.2, 0) is 4.79 Å². The smallest absolute Gasteiger partial charge is 0.333 e. The Bertz CT molecular complexity index is 394. The number of hydrogen-bond donors (Lipinski definition) is 0. The van der Waals surface area contributed by atoms with E-state index in [1.54, 1.807) is 0 Å². The molecular weight excluding hydrogens is 290 g/mol. The maximum atomic E-state index is 12.7. The third-order valence-electron chi connectivity index (χ3n) is 2.49. The molecular formula is C9H7F8NO. The van der Waals surface area contributed by atoms with E-state index in [1.165, 1.54) is 0 Å². The van der Waals surface area contributed by atoms with Gasteiger partial charge in [0.2, 0.25) is 0 Å². The Labute approximate surface area is 101 Å². The lowest BCUT2D eigenvalue weighted by molar-refractivity contribution is -0.274. The van der Waals surface area contributed by atoms with Crippen molar-refractivity contribution in [2.45, 2.75) is 24.7 Å². The van der Waals surface area contributed by atoms with Crippen LogP contribution in [0.25, 0.3) is 0 Å². The Morgan fingerprint density at radius 1 is 1.05 bits per heavy atom. The lowest BCUT2D eigenvalue weighted by atomic mass is 10.1. The highest BCUT2D eigenvalue weighted by atomic mass is 19.4. The van der Waals surface area contributed by atoms with Crippen LogP contribution in [0.15, 0.2) is 11.6 Å². The second-order valence-electron chi connectivity index (χ2n) is 3.80. The highest BCUT2D eigenvalue weighted by Gasteiger charge is 2.64. The molecule has 2 nitrogen and oxygen atoms in total. The summed E-state index contributed by atoms with van der Waals surface area (Å²) in [4.78, 5) is 11.0. The molecule has 10 heteroatoms. The van der Waals surface area contributed by atoms with Gasteiger partial charge in [0.1, 0.15) is 0 Å². The highest BCUT2D eigenvalue weighted by molar-refractivity contribution is 5.84. The first kappa shape index (κ1) is 15.7. The number of nitrogens with zero attached hydrogens (tertiary/aromatic N) is 1. The number of rotatable bonds is 1. The zero-order chi connectivity index (χ0) is 15.1. The number of amides is 1. The summed E-state index contributed by atoms with van der Waals surface area (Å²) in [6.45, 7) is -1.77. The van der Waals surface area contributed by atoms with Crippen LogP contribution in [0.2, 0.25) is 0 Å². The number of carbonyl (C=O) groups excluding carboxylic acids is 1. The van der Waals surface area contributed by atoms with Gasteiger partial charge in [-0.2, -0.15) is 35.1 Å². The molecule has 1 aliphatic heterocycles. The summed E-state index contributed by atoms with van der Waals surface area (Å²) in [6.07, 6.45) is -11.1. The molecule has 0 atom stereocenters. The number of alkyl halides is 8. The van der Waals surface area contributed by atoms with E-state index in [-0.39, 0.29) is 4.90 Å². The highest BCUT2D eigenvalue weighted by Crippen LogP contribution is 2.38. The van der Waals surface area contributed by atoms with Crippen molar-refractivity contribution in [3.63, 3.8) is 0 Å². The molecule has 0 bridgehead atoms. The zero-order valence-electron chi connectivity index (χ0n) is 9.08. The van der Waals surface area contributed by atoms with Gasteiger partial charge in [0.15, 0.2) is 0 Å². The van der Waals surface area contributed by atoms with Crippen molar-refractivity contribution in [1.29, 1.82) is 0 Å². The summed E-state index contributed by atoms with van der Waals surface area (Å²) in [5.41, 5.74) is -1.05. The molecule has 0 aromatic rings. The maximum absolute atomic E-state index is 12.7. The van der Waals surface area contributed by atoms with Crippen molar-refractivity contribution >= 4 is 5.91 Å². The van der Waals surface area contributed by atoms with Gasteiger partial charge in [-0.25, -0.2) is 0 Å². The van der Waals surface area contributed by atoms with Crippen LogP contribution >= 0.6 is 0 Å². The molecule has 0 saturated heterocycles. The summed E-state index contributed by atoms with van der Waals surface area (Å²) >= 11 is 0. The largest absolute Gasteiger partial charge is 0.463 e. The molecule has 1 rings (SSSR count). The van der Waals surface area contributed by atoms with Crippen LogP contribution in [0.1, 0.15) is 6.42 Å². The summed E-state index contributed by atoms with van der Waals surface area (Å²) < 4.78 is 97.7. The molecule has 0 saturated carbocycles. The molecule has 1 amide bonds. The first-order valence-corrected chi connectivity index (χ1v) is 4.87. The number of carbonyl (C=O) groups is 1. The maximum Gasteiger partial charge on any atom is 0.463 e. The van der Waals surface area contributed by atoms with Crippen molar-refractivity contribution in [2.24, 2.45) is 0 Å². The van der Waals surface area contributed by atoms with Gasteiger partial charge in [-0.15, -0.1) is 0 Å².